The van der Waals surface area contributed by atoms with Gasteiger partial charge in [0.1, 0.15) is 12.4 Å². The Hall–Kier alpha value is -2.29. The Morgan fingerprint density at radius 2 is 1.86 bits per heavy atom. The number of carbonyl (C=O) groups is 1. The molecule has 4 rings (SSSR count). The van der Waals surface area contributed by atoms with E-state index in [2.05, 4.69) is 15.3 Å². The molecule has 186 valence electrons. The zero-order chi connectivity index (χ0) is 24.8. The van der Waals surface area contributed by atoms with Crippen molar-refractivity contribution < 1.29 is 14.3 Å². The van der Waals surface area contributed by atoms with Crippen LogP contribution in [0, 0.1) is 0 Å². The van der Waals surface area contributed by atoms with Gasteiger partial charge in [-0.3, -0.25) is 14.4 Å². The van der Waals surface area contributed by atoms with Gasteiger partial charge in [0, 0.05) is 54.4 Å². The maximum absolute atomic E-state index is 12.7. The summed E-state index contributed by atoms with van der Waals surface area (Å²) < 4.78 is 13.2. The van der Waals surface area contributed by atoms with E-state index >= 15 is 0 Å². The van der Waals surface area contributed by atoms with Gasteiger partial charge in [0.15, 0.2) is 0 Å². The molecule has 3 aromatic rings. The molecule has 0 radical (unpaired) electrons. The molecule has 1 aliphatic rings. The number of carbonyl (C=O) groups excluding carboxylic acids is 1. The van der Waals surface area contributed by atoms with Crippen molar-refractivity contribution in [1.82, 2.24) is 14.7 Å². The van der Waals surface area contributed by atoms with Crippen LogP contribution in [0.15, 0.2) is 42.6 Å². The first-order valence-electron chi connectivity index (χ1n) is 11.4. The predicted molar refractivity (Wildman–Crippen MR) is 140 cm³/mol. The minimum atomic E-state index is -0.149. The van der Waals surface area contributed by atoms with Crippen LogP contribution in [0.2, 0.25) is 15.1 Å². The molecule has 1 N–H and O–H groups in total. The maximum Gasteiger partial charge on any atom is 0.224 e. The van der Waals surface area contributed by atoms with E-state index in [4.69, 9.17) is 44.3 Å². The van der Waals surface area contributed by atoms with Gasteiger partial charge in [0.05, 0.1) is 30.1 Å². The molecule has 0 spiro atoms. The number of rotatable bonds is 9. The summed E-state index contributed by atoms with van der Waals surface area (Å²) in [6.07, 6.45) is 2.27. The highest BCUT2D eigenvalue weighted by Crippen LogP contribution is 2.36. The first-order chi connectivity index (χ1) is 16.9. The van der Waals surface area contributed by atoms with Crippen LogP contribution in [-0.2, 0) is 23.0 Å². The molecule has 7 nitrogen and oxygen atoms in total. The van der Waals surface area contributed by atoms with E-state index in [9.17, 15) is 4.79 Å². The third-order valence-corrected chi connectivity index (χ3v) is 6.83. The van der Waals surface area contributed by atoms with Crippen LogP contribution in [0.1, 0.15) is 12.0 Å². The van der Waals surface area contributed by atoms with E-state index in [0.29, 0.717) is 45.2 Å². The molecule has 2 heterocycles. The Kier molecular flexibility index (Phi) is 8.92. The fourth-order valence-electron chi connectivity index (χ4n) is 3.98. The first-order valence-corrected chi connectivity index (χ1v) is 12.5. The van der Waals surface area contributed by atoms with Crippen LogP contribution < -0.4 is 10.1 Å². The highest BCUT2D eigenvalue weighted by Gasteiger charge is 2.18. The van der Waals surface area contributed by atoms with E-state index in [-0.39, 0.29) is 12.3 Å². The molecule has 0 aliphatic carbocycles. The number of aryl methyl sites for hydroxylation is 1. The van der Waals surface area contributed by atoms with Gasteiger partial charge >= 0.3 is 0 Å². The molecular weight excluding hydrogens is 511 g/mol. The topological polar surface area (TPSA) is 68.6 Å². The Labute approximate surface area is 219 Å². The van der Waals surface area contributed by atoms with Gasteiger partial charge in [-0.05, 0) is 42.3 Å². The van der Waals surface area contributed by atoms with Gasteiger partial charge in [-0.15, -0.1) is 0 Å². The summed E-state index contributed by atoms with van der Waals surface area (Å²) >= 11 is 18.9. The zero-order valence-electron chi connectivity index (χ0n) is 19.4. The number of ether oxygens (including phenoxy) is 2. The van der Waals surface area contributed by atoms with Crippen LogP contribution >= 0.6 is 34.8 Å². The molecule has 0 atom stereocenters. The third kappa shape index (κ3) is 6.68. The van der Waals surface area contributed by atoms with Crippen molar-refractivity contribution in [3.05, 3.63) is 63.2 Å². The summed E-state index contributed by atoms with van der Waals surface area (Å²) in [5.41, 5.74) is 2.86. The Morgan fingerprint density at radius 1 is 1.11 bits per heavy atom. The van der Waals surface area contributed by atoms with Crippen LogP contribution in [0.4, 0.5) is 5.69 Å². The van der Waals surface area contributed by atoms with E-state index in [1.54, 1.807) is 29.1 Å². The van der Waals surface area contributed by atoms with E-state index in [0.717, 1.165) is 44.0 Å². The van der Waals surface area contributed by atoms with Crippen LogP contribution in [0.25, 0.3) is 11.3 Å². The maximum atomic E-state index is 12.7. The van der Waals surface area contributed by atoms with Crippen molar-refractivity contribution in [3.8, 4) is 17.0 Å². The Bertz CT molecular complexity index is 1140. The third-order valence-electron chi connectivity index (χ3n) is 5.85. The number of nitrogens with zero attached hydrogens (tertiary/aromatic N) is 3. The van der Waals surface area contributed by atoms with Crippen molar-refractivity contribution in [2.75, 3.05) is 44.8 Å². The highest BCUT2D eigenvalue weighted by atomic mass is 35.5. The van der Waals surface area contributed by atoms with Crippen molar-refractivity contribution in [3.63, 3.8) is 0 Å². The minimum absolute atomic E-state index is 0.149. The standard InChI is InChI=1S/C25H27Cl3N4O3/c1-31-25(22(28)16-29-31)19-15-17(5-7-23(19)35-14-11-32-9-12-34-13-10-32)30-24(33)8-6-18-20(26)3-2-4-21(18)27/h2-5,7,15-16H,6,8-14H2,1H3,(H,30,33). The number of aromatic nitrogens is 2. The molecule has 0 bridgehead atoms. The summed E-state index contributed by atoms with van der Waals surface area (Å²) in [5, 5.41) is 8.81. The quantitative estimate of drug-likeness (QED) is 0.400. The molecule has 10 heteroatoms. The second-order valence-electron chi connectivity index (χ2n) is 8.23. The molecule has 0 unspecified atom stereocenters. The fourth-order valence-corrected chi connectivity index (χ4v) is 4.83. The highest BCUT2D eigenvalue weighted by molar-refractivity contribution is 6.36. The lowest BCUT2D eigenvalue weighted by molar-refractivity contribution is -0.116. The minimum Gasteiger partial charge on any atom is -0.492 e. The molecule has 35 heavy (non-hydrogen) atoms. The summed E-state index contributed by atoms with van der Waals surface area (Å²) in [5.74, 6) is 0.522. The number of amides is 1. The number of benzene rings is 2. The van der Waals surface area contributed by atoms with Gasteiger partial charge in [-0.2, -0.15) is 5.10 Å². The predicted octanol–water partition coefficient (Wildman–Crippen LogP) is 5.33. The molecule has 1 fully saturated rings. The number of anilines is 1. The molecular formula is C25H27Cl3N4O3. The van der Waals surface area contributed by atoms with Crippen molar-refractivity contribution in [2.24, 2.45) is 7.05 Å². The average Bonchev–Trinajstić information content (AvgIpc) is 3.18. The van der Waals surface area contributed by atoms with Gasteiger partial charge < -0.3 is 14.8 Å². The van der Waals surface area contributed by atoms with E-state index < -0.39 is 0 Å². The van der Waals surface area contributed by atoms with Gasteiger partial charge in [-0.25, -0.2) is 0 Å². The Morgan fingerprint density at radius 3 is 2.54 bits per heavy atom. The lowest BCUT2D eigenvalue weighted by atomic mass is 10.1. The lowest BCUT2D eigenvalue weighted by Crippen LogP contribution is -2.38. The summed E-state index contributed by atoms with van der Waals surface area (Å²) in [7, 11) is 1.82. The SMILES string of the molecule is Cn1ncc(Cl)c1-c1cc(NC(=O)CCc2c(Cl)cccc2Cl)ccc1OCCN1CCOCC1. The van der Waals surface area contributed by atoms with Gasteiger partial charge in [-0.1, -0.05) is 40.9 Å². The summed E-state index contributed by atoms with van der Waals surface area (Å²) in [6, 6.07) is 10.8. The van der Waals surface area contributed by atoms with Gasteiger partial charge in [0.2, 0.25) is 5.91 Å². The van der Waals surface area contributed by atoms with Crippen molar-refractivity contribution >= 4 is 46.4 Å². The summed E-state index contributed by atoms with van der Waals surface area (Å²) in [4.78, 5) is 15.0. The average molecular weight is 538 g/mol. The second-order valence-corrected chi connectivity index (χ2v) is 9.45. The number of nitrogens with one attached hydrogen (secondary N) is 1. The number of halogens is 3. The molecule has 2 aromatic carbocycles. The van der Waals surface area contributed by atoms with E-state index in [1.807, 2.05) is 25.2 Å². The molecule has 1 aromatic heterocycles. The number of morpholine rings is 1. The Balaban J connectivity index is 1.47. The normalized spacial score (nSPS) is 14.2. The van der Waals surface area contributed by atoms with Crippen molar-refractivity contribution in [1.29, 1.82) is 0 Å². The largest absolute Gasteiger partial charge is 0.492 e. The smallest absolute Gasteiger partial charge is 0.224 e. The number of hydrogen-bond donors (Lipinski definition) is 1. The number of hydrogen-bond acceptors (Lipinski definition) is 5. The van der Waals surface area contributed by atoms with Crippen LogP contribution in [0.5, 0.6) is 5.75 Å². The monoisotopic (exact) mass is 536 g/mol. The molecule has 0 saturated carbocycles. The fraction of sp³-hybridized carbons (Fsp3) is 0.360. The first kappa shape index (κ1) is 25.8. The van der Waals surface area contributed by atoms with Crippen LogP contribution in [0.3, 0.4) is 0 Å². The van der Waals surface area contributed by atoms with Gasteiger partial charge in [0.25, 0.3) is 0 Å². The molecule has 1 aliphatic heterocycles. The lowest BCUT2D eigenvalue weighted by Gasteiger charge is -2.26. The van der Waals surface area contributed by atoms with Crippen molar-refractivity contribution in [2.45, 2.75) is 12.8 Å². The van der Waals surface area contributed by atoms with E-state index in [1.165, 1.54) is 0 Å². The summed E-state index contributed by atoms with van der Waals surface area (Å²) in [6.45, 7) is 4.60. The second kappa shape index (κ2) is 12.1. The van der Waals surface area contributed by atoms with Crippen LogP contribution in [-0.4, -0.2) is 60.0 Å². The molecule has 1 amide bonds. The zero-order valence-corrected chi connectivity index (χ0v) is 21.7. The molecule has 1 saturated heterocycles.